The van der Waals surface area contributed by atoms with Gasteiger partial charge in [0.05, 0.1) is 5.57 Å². The van der Waals surface area contributed by atoms with Crippen LogP contribution in [0, 0.1) is 12.3 Å². The van der Waals surface area contributed by atoms with E-state index in [9.17, 15) is 18.0 Å². The molecule has 0 spiro atoms. The molecular weight excluding hydrogens is 473 g/mol. The van der Waals surface area contributed by atoms with Gasteiger partial charge >= 0.3 is 6.18 Å². The van der Waals surface area contributed by atoms with Gasteiger partial charge in [0.25, 0.3) is 5.91 Å². The number of carbonyl (C=O) groups excluding carboxylic acids is 1. The van der Waals surface area contributed by atoms with Crippen molar-refractivity contribution in [2.45, 2.75) is 13.1 Å². The third kappa shape index (κ3) is 3.67. The highest BCUT2D eigenvalue weighted by atomic mass is 79.9. The highest BCUT2D eigenvalue weighted by molar-refractivity contribution is 9.10. The van der Waals surface area contributed by atoms with Crippen molar-refractivity contribution in [1.82, 2.24) is 5.01 Å². The van der Waals surface area contributed by atoms with Crippen molar-refractivity contribution in [3.63, 3.8) is 0 Å². The Morgan fingerprint density at radius 2 is 2.03 bits per heavy atom. The minimum absolute atomic E-state index is 0.205. The quantitative estimate of drug-likeness (QED) is 0.596. The lowest BCUT2D eigenvalue weighted by atomic mass is 10.1. The van der Waals surface area contributed by atoms with Gasteiger partial charge < -0.3 is 4.42 Å². The molecule has 2 aliphatic rings. The zero-order valence-corrected chi connectivity index (χ0v) is 16.9. The van der Waals surface area contributed by atoms with E-state index in [2.05, 4.69) is 26.0 Å². The first-order valence-corrected chi connectivity index (χ1v) is 9.68. The minimum Gasteiger partial charge on any atom is -0.457 e. The van der Waals surface area contributed by atoms with Crippen LogP contribution < -0.4 is 0 Å². The summed E-state index contributed by atoms with van der Waals surface area (Å²) in [6.07, 6.45) is -3.42. The normalized spacial score (nSPS) is 18.2. The summed E-state index contributed by atoms with van der Waals surface area (Å²) >= 11 is 3.67. The summed E-state index contributed by atoms with van der Waals surface area (Å²) in [5.74, 6) is -0.550. The van der Waals surface area contributed by atoms with Crippen LogP contribution in [0.4, 0.5) is 13.2 Å². The molecule has 0 saturated heterocycles. The molecule has 0 fully saturated rings. The van der Waals surface area contributed by atoms with Crippen molar-refractivity contribution in [1.29, 1.82) is 5.41 Å². The van der Waals surface area contributed by atoms with E-state index in [1.165, 1.54) is 6.08 Å². The van der Waals surface area contributed by atoms with E-state index in [0.717, 1.165) is 15.6 Å². The summed E-state index contributed by atoms with van der Waals surface area (Å²) < 4.78 is 45.2. The first kappa shape index (κ1) is 19.6. The minimum atomic E-state index is -4.69. The molecule has 2 aliphatic heterocycles. The average Bonchev–Trinajstić information content (AvgIpc) is 3.25. The van der Waals surface area contributed by atoms with Crippen LogP contribution in [-0.2, 0) is 4.79 Å². The van der Waals surface area contributed by atoms with Crippen LogP contribution in [0.15, 0.2) is 54.9 Å². The van der Waals surface area contributed by atoms with Crippen molar-refractivity contribution in [2.75, 3.05) is 0 Å². The summed E-state index contributed by atoms with van der Waals surface area (Å²) in [6, 6.07) is 9.00. The first-order valence-electron chi connectivity index (χ1n) is 8.07. The lowest BCUT2D eigenvalue weighted by Gasteiger charge is -2.19. The predicted molar refractivity (Wildman–Crippen MR) is 108 cm³/mol. The fourth-order valence-corrected chi connectivity index (χ4v) is 4.09. The van der Waals surface area contributed by atoms with Crippen molar-refractivity contribution in [2.24, 2.45) is 10.1 Å². The molecule has 0 radical (unpaired) electrons. The lowest BCUT2D eigenvalue weighted by Crippen LogP contribution is -2.35. The Bertz CT molecular complexity index is 1150. The predicted octanol–water partition coefficient (Wildman–Crippen LogP) is 5.20. The third-order valence-electron chi connectivity index (χ3n) is 4.00. The van der Waals surface area contributed by atoms with E-state index in [0.29, 0.717) is 10.8 Å². The smallest absolute Gasteiger partial charge is 0.441 e. The molecule has 0 aliphatic carbocycles. The van der Waals surface area contributed by atoms with Gasteiger partial charge in [-0.2, -0.15) is 28.3 Å². The van der Waals surface area contributed by atoms with Gasteiger partial charge in [0.1, 0.15) is 11.5 Å². The number of halogens is 4. The number of amides is 1. The topological polar surface area (TPSA) is 82.0 Å². The van der Waals surface area contributed by atoms with Crippen LogP contribution in [0.2, 0.25) is 0 Å². The molecule has 4 rings (SSSR count). The maximum atomic E-state index is 12.9. The SMILES string of the molecule is Cc1ccc(-c2ccc(/C=C3/C(=N)N4N=C(C(F)(F)F)SC4=NC3=O)o2)c(Br)c1. The van der Waals surface area contributed by atoms with E-state index < -0.39 is 23.0 Å². The molecule has 0 atom stereocenters. The number of rotatable bonds is 2. The second kappa shape index (κ2) is 6.99. The summed E-state index contributed by atoms with van der Waals surface area (Å²) in [5, 5.41) is 10.7. The first-order chi connectivity index (χ1) is 13.6. The number of hydrogen-bond acceptors (Lipinski definition) is 5. The van der Waals surface area contributed by atoms with Crippen LogP contribution in [0.5, 0.6) is 0 Å². The number of hydrogen-bond donors (Lipinski definition) is 1. The molecular formula is C18H10BrF3N4O2S. The molecule has 1 N–H and O–H groups in total. The highest BCUT2D eigenvalue weighted by Gasteiger charge is 2.46. The molecule has 2 aromatic rings. The lowest BCUT2D eigenvalue weighted by molar-refractivity contribution is -0.114. The van der Waals surface area contributed by atoms with E-state index in [1.807, 2.05) is 25.1 Å². The van der Waals surface area contributed by atoms with Crippen LogP contribution in [0.25, 0.3) is 17.4 Å². The molecule has 1 aromatic heterocycles. The zero-order chi connectivity index (χ0) is 20.9. The van der Waals surface area contributed by atoms with E-state index >= 15 is 0 Å². The Morgan fingerprint density at radius 1 is 1.28 bits per heavy atom. The van der Waals surface area contributed by atoms with Crippen molar-refractivity contribution in [3.8, 4) is 11.3 Å². The van der Waals surface area contributed by atoms with Crippen LogP contribution in [0.1, 0.15) is 11.3 Å². The maximum Gasteiger partial charge on any atom is 0.441 e. The molecule has 6 nitrogen and oxygen atoms in total. The summed E-state index contributed by atoms with van der Waals surface area (Å²) in [4.78, 5) is 15.9. The summed E-state index contributed by atoms with van der Waals surface area (Å²) in [5.41, 5.74) is 1.64. The zero-order valence-electron chi connectivity index (χ0n) is 14.5. The number of carbonyl (C=O) groups is 1. The number of benzene rings is 1. The number of aliphatic imine (C=N–C) groups is 1. The number of furan rings is 1. The van der Waals surface area contributed by atoms with Gasteiger partial charge in [-0.1, -0.05) is 22.0 Å². The molecule has 0 unspecified atom stereocenters. The van der Waals surface area contributed by atoms with E-state index in [-0.39, 0.29) is 28.3 Å². The van der Waals surface area contributed by atoms with Gasteiger partial charge in [-0.25, -0.2) is 0 Å². The Morgan fingerprint density at radius 3 is 2.72 bits per heavy atom. The molecule has 1 amide bonds. The Labute approximate surface area is 174 Å². The Kier molecular flexibility index (Phi) is 4.74. The van der Waals surface area contributed by atoms with Crippen LogP contribution in [0.3, 0.4) is 0 Å². The number of nitrogens with zero attached hydrogens (tertiary/aromatic N) is 3. The summed E-state index contributed by atoms with van der Waals surface area (Å²) in [7, 11) is 0. The maximum absolute atomic E-state index is 12.9. The van der Waals surface area contributed by atoms with E-state index in [1.54, 1.807) is 12.1 Å². The highest BCUT2D eigenvalue weighted by Crippen LogP contribution is 2.36. The second-order valence-electron chi connectivity index (χ2n) is 6.11. The van der Waals surface area contributed by atoms with Crippen LogP contribution >= 0.6 is 27.7 Å². The van der Waals surface area contributed by atoms with E-state index in [4.69, 9.17) is 9.83 Å². The number of aryl methyl sites for hydroxylation is 1. The van der Waals surface area contributed by atoms with Gasteiger partial charge in [0.2, 0.25) is 10.2 Å². The van der Waals surface area contributed by atoms with Gasteiger partial charge in [0.15, 0.2) is 5.84 Å². The van der Waals surface area contributed by atoms with Crippen molar-refractivity contribution < 1.29 is 22.4 Å². The Hall–Kier alpha value is -2.66. The second-order valence-corrected chi connectivity index (χ2v) is 7.92. The van der Waals surface area contributed by atoms with Gasteiger partial charge in [-0.05, 0) is 54.6 Å². The monoisotopic (exact) mass is 482 g/mol. The fourth-order valence-electron chi connectivity index (χ4n) is 2.64. The number of thioether (sulfide) groups is 1. The largest absolute Gasteiger partial charge is 0.457 e. The van der Waals surface area contributed by atoms with Gasteiger partial charge in [0, 0.05) is 10.0 Å². The number of hydrazone groups is 1. The van der Waals surface area contributed by atoms with Gasteiger partial charge in [-0.15, -0.1) is 0 Å². The third-order valence-corrected chi connectivity index (χ3v) is 5.61. The molecule has 3 heterocycles. The standard InChI is InChI=1S/C18H10BrF3N4O2S/c1-8-2-4-10(12(19)6-8)13-5-3-9(28-13)7-11-14(23)26-17(24-15(11)27)29-16(25-26)18(20,21)22/h2-7,23H,1H3/b11-7-,23-14?. The average molecular weight is 483 g/mol. The molecule has 0 saturated carbocycles. The number of amidine groups is 2. The molecule has 0 bridgehead atoms. The summed E-state index contributed by atoms with van der Waals surface area (Å²) in [6.45, 7) is 1.95. The van der Waals surface area contributed by atoms with Gasteiger partial charge in [-0.3, -0.25) is 10.2 Å². The number of nitrogens with one attached hydrogen (secondary N) is 1. The molecule has 148 valence electrons. The van der Waals surface area contributed by atoms with Crippen molar-refractivity contribution >= 4 is 55.7 Å². The number of fused-ring (bicyclic) bond motifs is 1. The van der Waals surface area contributed by atoms with Crippen LogP contribution in [-0.4, -0.2) is 33.1 Å². The Balaban J connectivity index is 1.66. The molecule has 1 aromatic carbocycles. The van der Waals surface area contributed by atoms with Crippen molar-refractivity contribution in [3.05, 3.63) is 51.7 Å². The molecule has 11 heteroatoms. The number of alkyl halides is 3. The molecule has 29 heavy (non-hydrogen) atoms. The fraction of sp³-hybridized carbons (Fsp3) is 0.111.